The summed E-state index contributed by atoms with van der Waals surface area (Å²) in [6.45, 7) is 0.296. The first-order valence-electron chi connectivity index (χ1n) is 6.80. The molecule has 7 heteroatoms. The molecule has 1 aromatic carbocycles. The van der Waals surface area contributed by atoms with Crippen LogP contribution in [-0.2, 0) is 4.79 Å². The third-order valence-electron chi connectivity index (χ3n) is 3.05. The van der Waals surface area contributed by atoms with Crippen molar-refractivity contribution in [2.75, 3.05) is 19.0 Å². The van der Waals surface area contributed by atoms with E-state index >= 15 is 0 Å². The first-order chi connectivity index (χ1) is 10.6. The largest absolute Gasteiger partial charge is 0.494 e. The highest BCUT2D eigenvalue weighted by atomic mass is 16.5. The van der Waals surface area contributed by atoms with Crippen LogP contribution in [0.1, 0.15) is 12.8 Å². The van der Waals surface area contributed by atoms with E-state index in [2.05, 4.69) is 15.6 Å². The molecule has 0 bridgehead atoms. The van der Waals surface area contributed by atoms with Crippen molar-refractivity contribution in [1.29, 1.82) is 0 Å². The molecule has 7 nitrogen and oxygen atoms in total. The minimum atomic E-state index is -0.880. The smallest absolute Gasteiger partial charge is 0.319 e. The number of aliphatic carboxylic acids is 1. The number of hydrogen-bond donors (Lipinski definition) is 3. The molecular formula is C15H17N3O4. The monoisotopic (exact) mass is 303 g/mol. The Balaban J connectivity index is 2.05. The minimum Gasteiger partial charge on any atom is -0.494 e. The van der Waals surface area contributed by atoms with E-state index in [1.807, 2.05) is 6.07 Å². The standard InChI is InChI=1S/C15H17N3O4/c1-22-12-7-6-11(10-4-2-8-16-14(10)12)18-15(21)17-9-3-5-13(19)20/h2,4,6-8H,3,5,9H2,1H3,(H,19,20)(H2,17,18,21). The van der Waals surface area contributed by atoms with E-state index in [4.69, 9.17) is 9.84 Å². The third-order valence-corrected chi connectivity index (χ3v) is 3.05. The van der Waals surface area contributed by atoms with E-state index in [0.29, 0.717) is 29.9 Å². The van der Waals surface area contributed by atoms with Gasteiger partial charge in [-0.3, -0.25) is 9.78 Å². The van der Waals surface area contributed by atoms with E-state index in [1.54, 1.807) is 31.5 Å². The molecule has 1 aromatic heterocycles. The average molecular weight is 303 g/mol. The molecule has 0 radical (unpaired) electrons. The van der Waals surface area contributed by atoms with Gasteiger partial charge in [-0.1, -0.05) is 0 Å². The van der Waals surface area contributed by atoms with Crippen molar-refractivity contribution < 1.29 is 19.4 Å². The molecule has 1 heterocycles. The number of urea groups is 1. The molecule has 2 aromatic rings. The number of fused-ring (bicyclic) bond motifs is 1. The van der Waals surface area contributed by atoms with E-state index < -0.39 is 5.97 Å². The second-order valence-electron chi connectivity index (χ2n) is 4.59. The summed E-state index contributed by atoms with van der Waals surface area (Å²) in [5.41, 5.74) is 1.27. The van der Waals surface area contributed by atoms with Crippen LogP contribution in [0.5, 0.6) is 5.75 Å². The van der Waals surface area contributed by atoms with Gasteiger partial charge in [-0.2, -0.15) is 0 Å². The molecular weight excluding hydrogens is 286 g/mol. The molecule has 0 atom stereocenters. The molecule has 2 rings (SSSR count). The van der Waals surface area contributed by atoms with Crippen LogP contribution >= 0.6 is 0 Å². The zero-order valence-electron chi connectivity index (χ0n) is 12.1. The fourth-order valence-electron chi connectivity index (χ4n) is 2.03. The van der Waals surface area contributed by atoms with Gasteiger partial charge >= 0.3 is 12.0 Å². The van der Waals surface area contributed by atoms with Gasteiger partial charge in [-0.05, 0) is 30.7 Å². The summed E-state index contributed by atoms with van der Waals surface area (Å²) in [6, 6.07) is 6.69. The van der Waals surface area contributed by atoms with Crippen molar-refractivity contribution in [2.24, 2.45) is 0 Å². The van der Waals surface area contributed by atoms with Crippen molar-refractivity contribution in [3.05, 3.63) is 30.5 Å². The topological polar surface area (TPSA) is 101 Å². The highest BCUT2D eigenvalue weighted by Crippen LogP contribution is 2.29. The number of rotatable bonds is 6. The molecule has 0 aliphatic heterocycles. The Hall–Kier alpha value is -2.83. The van der Waals surface area contributed by atoms with Gasteiger partial charge in [-0.15, -0.1) is 0 Å². The summed E-state index contributed by atoms with van der Waals surface area (Å²) in [7, 11) is 1.56. The Morgan fingerprint density at radius 3 is 2.86 bits per heavy atom. The lowest BCUT2D eigenvalue weighted by Crippen LogP contribution is -2.29. The van der Waals surface area contributed by atoms with E-state index in [9.17, 15) is 9.59 Å². The number of carbonyl (C=O) groups excluding carboxylic acids is 1. The lowest BCUT2D eigenvalue weighted by molar-refractivity contribution is -0.137. The van der Waals surface area contributed by atoms with Crippen molar-refractivity contribution >= 4 is 28.6 Å². The summed E-state index contributed by atoms with van der Waals surface area (Å²) >= 11 is 0. The van der Waals surface area contributed by atoms with Gasteiger partial charge in [0.2, 0.25) is 0 Å². The van der Waals surface area contributed by atoms with E-state index in [-0.39, 0.29) is 12.5 Å². The molecule has 0 saturated heterocycles. The van der Waals surface area contributed by atoms with Gasteiger partial charge in [-0.25, -0.2) is 4.79 Å². The second kappa shape index (κ2) is 7.26. The first-order valence-corrected chi connectivity index (χ1v) is 6.80. The number of nitrogens with one attached hydrogen (secondary N) is 2. The fraction of sp³-hybridized carbons (Fsp3) is 0.267. The summed E-state index contributed by atoms with van der Waals surface area (Å²) in [5.74, 6) is -0.252. The number of carboxylic acid groups (broad SMARTS) is 1. The number of ether oxygens (including phenoxy) is 1. The Morgan fingerprint density at radius 1 is 1.32 bits per heavy atom. The van der Waals surface area contributed by atoms with Crippen molar-refractivity contribution in [2.45, 2.75) is 12.8 Å². The number of carboxylic acids is 1. The summed E-state index contributed by atoms with van der Waals surface area (Å²) < 4.78 is 5.24. The Morgan fingerprint density at radius 2 is 2.14 bits per heavy atom. The maximum atomic E-state index is 11.8. The SMILES string of the molecule is COc1ccc(NC(=O)NCCCC(=O)O)c2cccnc12. The van der Waals surface area contributed by atoms with Gasteiger partial charge in [0.05, 0.1) is 12.8 Å². The number of methoxy groups -OCH3 is 1. The zero-order valence-corrected chi connectivity index (χ0v) is 12.1. The van der Waals surface area contributed by atoms with Crippen LogP contribution in [-0.4, -0.2) is 35.7 Å². The maximum Gasteiger partial charge on any atom is 0.319 e. The number of nitrogens with zero attached hydrogens (tertiary/aromatic N) is 1. The van der Waals surface area contributed by atoms with Crippen molar-refractivity contribution in [1.82, 2.24) is 10.3 Å². The van der Waals surface area contributed by atoms with Crippen LogP contribution in [0, 0.1) is 0 Å². The Labute approximate surface area is 127 Å². The average Bonchev–Trinajstić information content (AvgIpc) is 2.52. The molecule has 0 saturated carbocycles. The van der Waals surface area contributed by atoms with Crippen LogP contribution in [0.3, 0.4) is 0 Å². The molecule has 0 spiro atoms. The van der Waals surface area contributed by atoms with Gasteiger partial charge < -0.3 is 20.5 Å². The molecule has 2 amide bonds. The number of aromatic nitrogens is 1. The molecule has 116 valence electrons. The van der Waals surface area contributed by atoms with Crippen LogP contribution < -0.4 is 15.4 Å². The van der Waals surface area contributed by atoms with Crippen LogP contribution in [0.15, 0.2) is 30.5 Å². The second-order valence-corrected chi connectivity index (χ2v) is 4.59. The first kappa shape index (κ1) is 15.6. The summed E-state index contributed by atoms with van der Waals surface area (Å²) in [6.07, 6.45) is 2.06. The van der Waals surface area contributed by atoms with E-state index in [0.717, 1.165) is 5.39 Å². The summed E-state index contributed by atoms with van der Waals surface area (Å²) in [4.78, 5) is 26.5. The number of benzene rings is 1. The molecule has 3 N–H and O–H groups in total. The molecule has 22 heavy (non-hydrogen) atoms. The fourth-order valence-corrected chi connectivity index (χ4v) is 2.03. The highest BCUT2D eigenvalue weighted by molar-refractivity contribution is 6.02. The normalized spacial score (nSPS) is 10.2. The van der Waals surface area contributed by atoms with Gasteiger partial charge in [0.15, 0.2) is 0 Å². The zero-order chi connectivity index (χ0) is 15.9. The predicted octanol–water partition coefficient (Wildman–Crippen LogP) is 2.23. The van der Waals surface area contributed by atoms with Crippen molar-refractivity contribution in [3.63, 3.8) is 0 Å². The Bertz CT molecular complexity index is 688. The minimum absolute atomic E-state index is 0.0235. The molecule has 0 unspecified atom stereocenters. The van der Waals surface area contributed by atoms with Gasteiger partial charge in [0.25, 0.3) is 0 Å². The van der Waals surface area contributed by atoms with Gasteiger partial charge in [0.1, 0.15) is 11.3 Å². The number of anilines is 1. The van der Waals surface area contributed by atoms with Crippen LogP contribution in [0.25, 0.3) is 10.9 Å². The quantitative estimate of drug-likeness (QED) is 0.710. The number of carbonyl (C=O) groups is 2. The third kappa shape index (κ3) is 3.85. The number of pyridine rings is 1. The molecule has 0 aliphatic rings. The summed E-state index contributed by atoms with van der Waals surface area (Å²) in [5, 5.41) is 14.6. The number of hydrogen-bond acceptors (Lipinski definition) is 4. The van der Waals surface area contributed by atoms with Crippen LogP contribution in [0.4, 0.5) is 10.5 Å². The van der Waals surface area contributed by atoms with Crippen molar-refractivity contribution in [3.8, 4) is 5.75 Å². The van der Waals surface area contributed by atoms with Crippen LogP contribution in [0.2, 0.25) is 0 Å². The molecule has 0 aliphatic carbocycles. The Kier molecular flexibility index (Phi) is 5.13. The molecule has 0 fully saturated rings. The maximum absolute atomic E-state index is 11.8. The highest BCUT2D eigenvalue weighted by Gasteiger charge is 2.09. The number of amides is 2. The van der Waals surface area contributed by atoms with Gasteiger partial charge in [0, 0.05) is 24.5 Å². The predicted molar refractivity (Wildman–Crippen MR) is 82.2 cm³/mol. The lowest BCUT2D eigenvalue weighted by atomic mass is 10.1. The lowest BCUT2D eigenvalue weighted by Gasteiger charge is -2.11. The van der Waals surface area contributed by atoms with E-state index in [1.165, 1.54) is 0 Å².